The number of nitrogens with zero attached hydrogens (tertiary/aromatic N) is 1. The molecule has 1 aliphatic carbocycles. The average Bonchev–Trinajstić information content (AvgIpc) is 2.64. The summed E-state index contributed by atoms with van der Waals surface area (Å²) < 4.78 is 32.1. The van der Waals surface area contributed by atoms with Gasteiger partial charge < -0.3 is 4.90 Å². The summed E-state index contributed by atoms with van der Waals surface area (Å²) in [4.78, 5) is 1.86. The minimum Gasteiger partial charge on any atom is -0.308 e. The van der Waals surface area contributed by atoms with Gasteiger partial charge in [-0.3, -0.25) is 4.55 Å². The monoisotopic (exact) mass is 249 g/mol. The summed E-state index contributed by atoms with van der Waals surface area (Å²) >= 11 is 0. The van der Waals surface area contributed by atoms with Crippen LogP contribution in [0, 0.1) is 5.92 Å². The van der Waals surface area contributed by atoms with E-state index in [-0.39, 0.29) is 5.92 Å². The van der Waals surface area contributed by atoms with E-state index in [1.54, 1.807) is 0 Å². The summed E-state index contributed by atoms with van der Waals surface area (Å²) in [5, 5.41) is 0. The van der Waals surface area contributed by atoms with Crippen LogP contribution < -0.4 is 0 Å². The highest BCUT2D eigenvalue weighted by Gasteiger charge is 2.49. The van der Waals surface area contributed by atoms with Crippen LogP contribution in [0.25, 0.3) is 0 Å². The first kappa shape index (κ1) is 13.9. The fourth-order valence-corrected chi connectivity index (χ4v) is 4.43. The average molecular weight is 249 g/mol. The second-order valence-corrected chi connectivity index (χ2v) is 6.88. The lowest BCUT2D eigenvalue weighted by atomic mass is 9.87. The fraction of sp³-hybridized carbons (Fsp3) is 1.00. The molecule has 1 aliphatic rings. The molecule has 16 heavy (non-hydrogen) atoms. The van der Waals surface area contributed by atoms with E-state index in [0.29, 0.717) is 13.0 Å². The SMILES string of the molecule is CCC(CN(C)C)(C1CCCC1)S(=O)(=O)O. The molecule has 0 bridgehead atoms. The van der Waals surface area contributed by atoms with E-state index in [9.17, 15) is 13.0 Å². The van der Waals surface area contributed by atoms with Crippen molar-refractivity contribution >= 4 is 10.1 Å². The first-order valence-electron chi connectivity index (χ1n) is 5.95. The predicted octanol–water partition coefficient (Wildman–Crippen LogP) is 1.77. The maximum Gasteiger partial charge on any atom is 0.272 e. The van der Waals surface area contributed by atoms with Gasteiger partial charge in [-0.15, -0.1) is 0 Å². The van der Waals surface area contributed by atoms with E-state index in [1.807, 2.05) is 25.9 Å². The molecular formula is C11H23NO3S. The topological polar surface area (TPSA) is 57.6 Å². The van der Waals surface area contributed by atoms with Gasteiger partial charge in [0.1, 0.15) is 4.75 Å². The third-order valence-electron chi connectivity index (χ3n) is 3.80. The molecule has 0 radical (unpaired) electrons. The van der Waals surface area contributed by atoms with Gasteiger partial charge in [0.05, 0.1) is 0 Å². The second kappa shape index (κ2) is 5.02. The molecule has 1 N–H and O–H groups in total. The predicted molar refractivity (Wildman–Crippen MR) is 65.1 cm³/mol. The minimum absolute atomic E-state index is 0.106. The van der Waals surface area contributed by atoms with Gasteiger partial charge in [-0.25, -0.2) is 0 Å². The van der Waals surface area contributed by atoms with Gasteiger partial charge in [-0.1, -0.05) is 19.8 Å². The largest absolute Gasteiger partial charge is 0.308 e. The summed E-state index contributed by atoms with van der Waals surface area (Å²) in [6.07, 6.45) is 4.47. The van der Waals surface area contributed by atoms with Gasteiger partial charge in [0.25, 0.3) is 10.1 Å². The van der Waals surface area contributed by atoms with Crippen LogP contribution in [0.3, 0.4) is 0 Å². The Labute approximate surface area is 98.8 Å². The highest BCUT2D eigenvalue weighted by Crippen LogP contribution is 2.41. The number of hydrogen-bond acceptors (Lipinski definition) is 3. The molecule has 96 valence electrons. The third kappa shape index (κ3) is 2.57. The van der Waals surface area contributed by atoms with Crippen LogP contribution in [-0.4, -0.2) is 43.3 Å². The van der Waals surface area contributed by atoms with Gasteiger partial charge in [0, 0.05) is 6.54 Å². The van der Waals surface area contributed by atoms with Crippen molar-refractivity contribution in [2.24, 2.45) is 5.92 Å². The van der Waals surface area contributed by atoms with E-state index in [2.05, 4.69) is 0 Å². The molecule has 0 aromatic rings. The van der Waals surface area contributed by atoms with Crippen molar-refractivity contribution in [3.05, 3.63) is 0 Å². The molecule has 1 atom stereocenters. The standard InChI is InChI=1S/C11H23NO3S/c1-4-11(9-12(2)3,16(13,14)15)10-7-5-6-8-10/h10H,4-9H2,1-3H3,(H,13,14,15). The molecule has 4 nitrogen and oxygen atoms in total. The first-order valence-corrected chi connectivity index (χ1v) is 7.39. The van der Waals surface area contributed by atoms with Gasteiger partial charge in [0.2, 0.25) is 0 Å². The Hall–Kier alpha value is -0.130. The van der Waals surface area contributed by atoms with Crippen molar-refractivity contribution in [2.75, 3.05) is 20.6 Å². The van der Waals surface area contributed by atoms with Crippen molar-refractivity contribution in [1.29, 1.82) is 0 Å². The Balaban J connectivity index is 3.06. The number of hydrogen-bond donors (Lipinski definition) is 1. The Morgan fingerprint density at radius 1 is 1.31 bits per heavy atom. The Bertz CT molecular complexity index is 320. The van der Waals surface area contributed by atoms with Crippen molar-refractivity contribution in [2.45, 2.75) is 43.8 Å². The molecule has 0 aromatic carbocycles. The molecule has 0 saturated heterocycles. The van der Waals surface area contributed by atoms with Gasteiger partial charge in [-0.2, -0.15) is 8.42 Å². The van der Waals surface area contributed by atoms with Crippen LogP contribution in [0.5, 0.6) is 0 Å². The minimum atomic E-state index is -4.00. The Morgan fingerprint density at radius 2 is 1.81 bits per heavy atom. The van der Waals surface area contributed by atoms with Crippen molar-refractivity contribution < 1.29 is 13.0 Å². The first-order chi connectivity index (χ1) is 7.33. The second-order valence-electron chi connectivity index (χ2n) is 5.11. The normalized spacial score (nSPS) is 22.6. The maximum atomic E-state index is 11.7. The zero-order valence-corrected chi connectivity index (χ0v) is 11.3. The maximum absolute atomic E-state index is 11.7. The molecule has 1 fully saturated rings. The van der Waals surface area contributed by atoms with Crippen LogP contribution in [-0.2, 0) is 10.1 Å². The molecule has 0 aliphatic heterocycles. The van der Waals surface area contributed by atoms with Crippen LogP contribution in [0.2, 0.25) is 0 Å². The van der Waals surface area contributed by atoms with Gasteiger partial charge in [-0.05, 0) is 39.3 Å². The molecule has 1 unspecified atom stereocenters. The van der Waals surface area contributed by atoms with E-state index >= 15 is 0 Å². The summed E-state index contributed by atoms with van der Waals surface area (Å²) in [6.45, 7) is 2.27. The fourth-order valence-electron chi connectivity index (χ4n) is 2.99. The third-order valence-corrected chi connectivity index (χ3v) is 5.57. The lowest BCUT2D eigenvalue weighted by molar-refractivity contribution is 0.245. The van der Waals surface area contributed by atoms with Crippen LogP contribution in [0.15, 0.2) is 0 Å². The molecule has 5 heteroatoms. The highest BCUT2D eigenvalue weighted by molar-refractivity contribution is 7.87. The van der Waals surface area contributed by atoms with Crippen LogP contribution >= 0.6 is 0 Å². The number of rotatable bonds is 5. The lowest BCUT2D eigenvalue weighted by Crippen LogP contribution is -2.51. The smallest absolute Gasteiger partial charge is 0.272 e. The summed E-state index contributed by atoms with van der Waals surface area (Å²) in [5.41, 5.74) is 0. The zero-order chi connectivity index (χ0) is 12.4. The molecule has 1 rings (SSSR count). The molecule has 0 amide bonds. The zero-order valence-electron chi connectivity index (χ0n) is 10.4. The van der Waals surface area contributed by atoms with Gasteiger partial charge in [0.15, 0.2) is 0 Å². The van der Waals surface area contributed by atoms with Crippen molar-refractivity contribution in [1.82, 2.24) is 4.90 Å². The van der Waals surface area contributed by atoms with Crippen LogP contribution in [0.4, 0.5) is 0 Å². The quantitative estimate of drug-likeness (QED) is 0.755. The van der Waals surface area contributed by atoms with Crippen molar-refractivity contribution in [3.63, 3.8) is 0 Å². The van der Waals surface area contributed by atoms with E-state index in [1.165, 1.54) is 0 Å². The van der Waals surface area contributed by atoms with Gasteiger partial charge >= 0.3 is 0 Å². The van der Waals surface area contributed by atoms with E-state index in [4.69, 9.17) is 0 Å². The highest BCUT2D eigenvalue weighted by atomic mass is 32.2. The molecule has 1 saturated carbocycles. The van der Waals surface area contributed by atoms with E-state index < -0.39 is 14.9 Å². The lowest BCUT2D eigenvalue weighted by Gasteiger charge is -2.37. The summed E-state index contributed by atoms with van der Waals surface area (Å²) in [6, 6.07) is 0. The van der Waals surface area contributed by atoms with E-state index in [0.717, 1.165) is 25.7 Å². The Morgan fingerprint density at radius 3 is 2.12 bits per heavy atom. The molecule has 0 heterocycles. The molecular weight excluding hydrogens is 226 g/mol. The Kier molecular flexibility index (Phi) is 4.37. The molecule has 0 aromatic heterocycles. The summed E-state index contributed by atoms with van der Waals surface area (Å²) in [5.74, 6) is 0.106. The van der Waals surface area contributed by atoms with Crippen molar-refractivity contribution in [3.8, 4) is 0 Å². The van der Waals surface area contributed by atoms with Crippen LogP contribution in [0.1, 0.15) is 39.0 Å². The molecule has 0 spiro atoms. The summed E-state index contributed by atoms with van der Waals surface area (Å²) in [7, 11) is -0.293.